The molecule has 3 heteroatoms. The van der Waals surface area contributed by atoms with Crippen LogP contribution in [-0.2, 0) is 0 Å². The van der Waals surface area contributed by atoms with Crippen molar-refractivity contribution in [3.63, 3.8) is 0 Å². The molecule has 1 aliphatic heterocycles. The van der Waals surface area contributed by atoms with E-state index in [1.54, 1.807) is 0 Å². The second kappa shape index (κ2) is 3.94. The molecule has 2 bridgehead atoms. The Morgan fingerprint density at radius 3 is 2.21 bits per heavy atom. The maximum atomic E-state index is 4.73. The van der Waals surface area contributed by atoms with Gasteiger partial charge >= 0.3 is 0 Å². The van der Waals surface area contributed by atoms with E-state index in [0.717, 1.165) is 35.2 Å². The fourth-order valence-electron chi connectivity index (χ4n) is 4.91. The van der Waals surface area contributed by atoms with Crippen LogP contribution in [-0.4, -0.2) is 23.1 Å². The molecule has 2 heterocycles. The van der Waals surface area contributed by atoms with Gasteiger partial charge in [0.2, 0.25) is 0 Å². The molecule has 1 aromatic rings. The van der Waals surface area contributed by atoms with Crippen molar-refractivity contribution in [3.8, 4) is 0 Å². The largest absolute Gasteiger partial charge is 0.356 e. The van der Waals surface area contributed by atoms with E-state index in [4.69, 9.17) is 4.98 Å². The highest BCUT2D eigenvalue weighted by atomic mass is 15.2. The fraction of sp³-hybridized carbons (Fsp3) is 0.750. The first-order chi connectivity index (χ1) is 9.13. The zero-order chi connectivity index (χ0) is 13.1. The minimum atomic E-state index is 0.915. The minimum Gasteiger partial charge on any atom is -0.356 e. The average Bonchev–Trinajstić information content (AvgIpc) is 3.04. The van der Waals surface area contributed by atoms with Crippen LogP contribution in [0.15, 0.2) is 0 Å². The zero-order valence-electron chi connectivity index (χ0n) is 12.2. The summed E-state index contributed by atoms with van der Waals surface area (Å²) >= 11 is 0. The molecule has 3 nitrogen and oxygen atoms in total. The predicted octanol–water partition coefficient (Wildman–Crippen LogP) is 2.88. The molecule has 0 amide bonds. The topological polar surface area (TPSA) is 29.0 Å². The Kier molecular flexibility index (Phi) is 2.42. The van der Waals surface area contributed by atoms with Crippen LogP contribution in [0.4, 0.5) is 5.82 Å². The van der Waals surface area contributed by atoms with Gasteiger partial charge in [-0.3, -0.25) is 0 Å². The van der Waals surface area contributed by atoms with Crippen LogP contribution in [0, 0.1) is 44.4 Å². The molecule has 4 atom stereocenters. The molecule has 0 aromatic carbocycles. The van der Waals surface area contributed by atoms with Crippen LogP contribution in [0.25, 0.3) is 0 Å². The van der Waals surface area contributed by atoms with Gasteiger partial charge in [-0.15, -0.1) is 0 Å². The van der Waals surface area contributed by atoms with E-state index < -0.39 is 0 Å². The molecule has 1 aromatic heterocycles. The third-order valence-electron chi connectivity index (χ3n) is 5.91. The lowest BCUT2D eigenvalue weighted by Gasteiger charge is -2.22. The number of hydrogen-bond donors (Lipinski definition) is 0. The van der Waals surface area contributed by atoms with E-state index in [1.807, 2.05) is 6.92 Å². The first kappa shape index (κ1) is 11.7. The maximum absolute atomic E-state index is 4.73. The van der Waals surface area contributed by atoms with Gasteiger partial charge in [0.1, 0.15) is 11.6 Å². The highest BCUT2D eigenvalue weighted by molar-refractivity contribution is 5.49. The van der Waals surface area contributed by atoms with Gasteiger partial charge in [0.15, 0.2) is 0 Å². The number of nitrogens with zero attached hydrogens (tertiary/aromatic N) is 3. The molecule has 3 fully saturated rings. The number of hydrogen-bond acceptors (Lipinski definition) is 3. The van der Waals surface area contributed by atoms with Gasteiger partial charge < -0.3 is 4.90 Å². The molecular weight excluding hydrogens is 234 g/mol. The normalized spacial score (nSPS) is 36.1. The van der Waals surface area contributed by atoms with Crippen LogP contribution in [0.5, 0.6) is 0 Å². The molecule has 0 radical (unpaired) electrons. The van der Waals surface area contributed by atoms with Gasteiger partial charge in [0, 0.05) is 24.3 Å². The average molecular weight is 257 g/mol. The Bertz CT molecular complexity index is 507. The standard InChI is InChI=1S/C16H23N3/c1-9-10(2)17-11(3)18-16(9)19-7-14-12-4-5-13(6-12)15(14)8-19/h12-15H,4-8H2,1-3H3/t12-,13+,14-,15+. The summed E-state index contributed by atoms with van der Waals surface area (Å²) in [6, 6.07) is 0. The van der Waals surface area contributed by atoms with E-state index in [-0.39, 0.29) is 0 Å². The molecule has 3 aliphatic rings. The van der Waals surface area contributed by atoms with Crippen molar-refractivity contribution < 1.29 is 0 Å². The molecule has 2 aliphatic carbocycles. The van der Waals surface area contributed by atoms with Crippen LogP contribution in [0.3, 0.4) is 0 Å². The molecule has 2 saturated carbocycles. The number of aryl methyl sites for hydroxylation is 2. The number of rotatable bonds is 1. The lowest BCUT2D eigenvalue weighted by molar-refractivity contribution is 0.281. The first-order valence-electron chi connectivity index (χ1n) is 7.70. The lowest BCUT2D eigenvalue weighted by Crippen LogP contribution is -2.25. The summed E-state index contributed by atoms with van der Waals surface area (Å²) in [6.45, 7) is 8.77. The highest BCUT2D eigenvalue weighted by Crippen LogP contribution is 2.55. The lowest BCUT2D eigenvalue weighted by atomic mass is 9.82. The molecular formula is C16H23N3. The molecule has 0 spiro atoms. The summed E-state index contributed by atoms with van der Waals surface area (Å²) in [7, 11) is 0. The fourth-order valence-corrected chi connectivity index (χ4v) is 4.91. The van der Waals surface area contributed by atoms with Crippen molar-refractivity contribution in [2.75, 3.05) is 18.0 Å². The van der Waals surface area contributed by atoms with Crippen LogP contribution >= 0.6 is 0 Å². The van der Waals surface area contributed by atoms with Gasteiger partial charge in [-0.2, -0.15) is 0 Å². The SMILES string of the molecule is Cc1nc(C)c(C)c(N2C[C@@H]3[C@@H]4CC[C@@H](C4)[C@@H]3C2)n1. The summed E-state index contributed by atoms with van der Waals surface area (Å²) in [5.41, 5.74) is 2.42. The van der Waals surface area contributed by atoms with Gasteiger partial charge in [-0.25, -0.2) is 9.97 Å². The summed E-state index contributed by atoms with van der Waals surface area (Å²) in [5, 5.41) is 0. The highest BCUT2D eigenvalue weighted by Gasteiger charge is 2.51. The predicted molar refractivity (Wildman–Crippen MR) is 76.3 cm³/mol. The Morgan fingerprint density at radius 1 is 0.947 bits per heavy atom. The summed E-state index contributed by atoms with van der Waals surface area (Å²) in [5.74, 6) is 6.06. The number of fused-ring (bicyclic) bond motifs is 5. The first-order valence-corrected chi connectivity index (χ1v) is 7.70. The van der Waals surface area contributed by atoms with Gasteiger partial charge in [0.05, 0.1) is 0 Å². The van der Waals surface area contributed by atoms with Crippen LogP contribution < -0.4 is 4.90 Å². The Hall–Kier alpha value is -1.12. The van der Waals surface area contributed by atoms with Crippen molar-refractivity contribution in [2.45, 2.75) is 40.0 Å². The van der Waals surface area contributed by atoms with Crippen molar-refractivity contribution in [1.82, 2.24) is 9.97 Å². The Morgan fingerprint density at radius 2 is 1.58 bits per heavy atom. The van der Waals surface area contributed by atoms with E-state index in [1.165, 1.54) is 43.7 Å². The van der Waals surface area contributed by atoms with E-state index in [9.17, 15) is 0 Å². The monoisotopic (exact) mass is 257 g/mol. The quantitative estimate of drug-likeness (QED) is 0.774. The minimum absolute atomic E-state index is 0.915. The maximum Gasteiger partial charge on any atom is 0.135 e. The van der Waals surface area contributed by atoms with Gasteiger partial charge in [-0.1, -0.05) is 0 Å². The summed E-state index contributed by atoms with van der Waals surface area (Å²) in [6.07, 6.45) is 4.49. The Labute approximate surface area is 115 Å². The molecule has 4 rings (SSSR count). The van der Waals surface area contributed by atoms with Crippen molar-refractivity contribution in [2.24, 2.45) is 23.7 Å². The van der Waals surface area contributed by atoms with E-state index in [0.29, 0.717) is 0 Å². The van der Waals surface area contributed by atoms with Crippen LogP contribution in [0.1, 0.15) is 36.3 Å². The summed E-state index contributed by atoms with van der Waals surface area (Å²) in [4.78, 5) is 11.8. The van der Waals surface area contributed by atoms with Crippen molar-refractivity contribution >= 4 is 5.82 Å². The van der Waals surface area contributed by atoms with E-state index >= 15 is 0 Å². The second-order valence-corrected chi connectivity index (χ2v) is 6.87. The molecule has 102 valence electrons. The molecule has 1 saturated heterocycles. The molecule has 0 N–H and O–H groups in total. The zero-order valence-corrected chi connectivity index (χ0v) is 12.2. The Balaban J connectivity index is 1.65. The number of aromatic nitrogens is 2. The summed E-state index contributed by atoms with van der Waals surface area (Å²) < 4.78 is 0. The van der Waals surface area contributed by atoms with E-state index in [2.05, 4.69) is 23.7 Å². The van der Waals surface area contributed by atoms with Crippen LogP contribution in [0.2, 0.25) is 0 Å². The second-order valence-electron chi connectivity index (χ2n) is 6.87. The third kappa shape index (κ3) is 1.63. The smallest absolute Gasteiger partial charge is 0.135 e. The molecule has 0 unspecified atom stereocenters. The third-order valence-corrected chi connectivity index (χ3v) is 5.91. The van der Waals surface area contributed by atoms with Gasteiger partial charge in [0.25, 0.3) is 0 Å². The number of anilines is 1. The van der Waals surface area contributed by atoms with Crippen molar-refractivity contribution in [3.05, 3.63) is 17.1 Å². The molecule has 19 heavy (non-hydrogen) atoms. The van der Waals surface area contributed by atoms with Crippen molar-refractivity contribution in [1.29, 1.82) is 0 Å². The van der Waals surface area contributed by atoms with Gasteiger partial charge in [-0.05, 0) is 63.7 Å².